The summed E-state index contributed by atoms with van der Waals surface area (Å²) in [7, 11) is 0. The van der Waals surface area contributed by atoms with Crippen LogP contribution in [0.5, 0.6) is 5.75 Å². The second-order valence-corrected chi connectivity index (χ2v) is 6.44. The van der Waals surface area contributed by atoms with E-state index in [1.54, 1.807) is 18.2 Å². The number of aromatic nitrogens is 2. The van der Waals surface area contributed by atoms with E-state index in [4.69, 9.17) is 17.3 Å². The molecule has 0 amide bonds. The predicted molar refractivity (Wildman–Crippen MR) is 103 cm³/mol. The Morgan fingerprint density at radius 1 is 1.20 bits per heavy atom. The lowest BCUT2D eigenvalue weighted by atomic mass is 10.1. The first-order chi connectivity index (χ1) is 12.1. The number of fused-ring (bicyclic) bond motifs is 1. The Balaban J connectivity index is 2.04. The van der Waals surface area contributed by atoms with E-state index in [1.807, 2.05) is 24.3 Å². The molecule has 0 saturated heterocycles. The molecule has 3 aromatic rings. The average Bonchev–Trinajstić information content (AvgIpc) is 2.61. The van der Waals surface area contributed by atoms with Crippen LogP contribution in [0, 0.1) is 0 Å². The SMILES string of the molecule is CCC[C@H](N)CNc1nc(-c2cc(Cl)ccc2O)nc2ccccc12. The molecule has 0 spiro atoms. The highest BCUT2D eigenvalue weighted by atomic mass is 35.5. The van der Waals surface area contributed by atoms with Crippen LogP contribution in [0.25, 0.3) is 22.3 Å². The molecule has 4 N–H and O–H groups in total. The quantitative estimate of drug-likeness (QED) is 0.616. The lowest BCUT2D eigenvalue weighted by Crippen LogP contribution is -2.29. The summed E-state index contributed by atoms with van der Waals surface area (Å²) < 4.78 is 0. The van der Waals surface area contributed by atoms with E-state index in [2.05, 4.69) is 22.2 Å². The summed E-state index contributed by atoms with van der Waals surface area (Å²) in [5.41, 5.74) is 7.40. The fourth-order valence-electron chi connectivity index (χ4n) is 2.72. The van der Waals surface area contributed by atoms with Gasteiger partial charge in [0.05, 0.1) is 11.1 Å². The van der Waals surface area contributed by atoms with Crippen molar-refractivity contribution in [1.29, 1.82) is 0 Å². The zero-order chi connectivity index (χ0) is 17.8. The summed E-state index contributed by atoms with van der Waals surface area (Å²) in [4.78, 5) is 9.18. The van der Waals surface area contributed by atoms with E-state index in [0.29, 0.717) is 28.8 Å². The number of hydrogen-bond acceptors (Lipinski definition) is 5. The molecule has 0 aliphatic heterocycles. The Morgan fingerprint density at radius 3 is 2.80 bits per heavy atom. The first kappa shape index (κ1) is 17.5. The van der Waals surface area contributed by atoms with Crippen LogP contribution < -0.4 is 11.1 Å². The summed E-state index contributed by atoms with van der Waals surface area (Å²) in [5.74, 6) is 1.21. The van der Waals surface area contributed by atoms with Crippen LogP contribution in [0.3, 0.4) is 0 Å². The molecule has 1 atom stereocenters. The summed E-state index contributed by atoms with van der Waals surface area (Å²) in [6, 6.07) is 12.6. The molecule has 0 fully saturated rings. The van der Waals surface area contributed by atoms with Gasteiger partial charge in [0.1, 0.15) is 11.6 Å². The van der Waals surface area contributed by atoms with Crippen molar-refractivity contribution >= 4 is 28.3 Å². The highest BCUT2D eigenvalue weighted by molar-refractivity contribution is 6.30. The average molecular weight is 357 g/mol. The number of rotatable bonds is 6. The van der Waals surface area contributed by atoms with Crippen molar-refractivity contribution in [2.75, 3.05) is 11.9 Å². The van der Waals surface area contributed by atoms with Crippen molar-refractivity contribution in [3.63, 3.8) is 0 Å². The molecule has 130 valence electrons. The Kier molecular flexibility index (Phi) is 5.36. The van der Waals surface area contributed by atoms with Crippen molar-refractivity contribution in [3.8, 4) is 17.1 Å². The molecule has 3 rings (SSSR count). The molecule has 0 saturated carbocycles. The van der Waals surface area contributed by atoms with Gasteiger partial charge in [-0.2, -0.15) is 0 Å². The monoisotopic (exact) mass is 356 g/mol. The second kappa shape index (κ2) is 7.68. The Hall–Kier alpha value is -2.37. The van der Waals surface area contributed by atoms with Gasteiger partial charge in [0.25, 0.3) is 0 Å². The molecular formula is C19H21ClN4O. The van der Waals surface area contributed by atoms with Crippen LogP contribution in [-0.4, -0.2) is 27.7 Å². The van der Waals surface area contributed by atoms with Crippen molar-refractivity contribution in [2.24, 2.45) is 5.73 Å². The molecule has 0 bridgehead atoms. The largest absolute Gasteiger partial charge is 0.507 e. The topological polar surface area (TPSA) is 84.1 Å². The number of nitrogens with zero attached hydrogens (tertiary/aromatic N) is 2. The van der Waals surface area contributed by atoms with E-state index in [1.165, 1.54) is 0 Å². The first-order valence-electron chi connectivity index (χ1n) is 8.33. The molecule has 25 heavy (non-hydrogen) atoms. The van der Waals surface area contributed by atoms with Crippen molar-refractivity contribution in [3.05, 3.63) is 47.5 Å². The van der Waals surface area contributed by atoms with Gasteiger partial charge < -0.3 is 16.2 Å². The highest BCUT2D eigenvalue weighted by Gasteiger charge is 2.13. The zero-order valence-electron chi connectivity index (χ0n) is 14.0. The van der Waals surface area contributed by atoms with Crippen LogP contribution in [-0.2, 0) is 0 Å². The van der Waals surface area contributed by atoms with Crippen molar-refractivity contribution in [2.45, 2.75) is 25.8 Å². The molecule has 0 aliphatic rings. The van der Waals surface area contributed by atoms with Crippen LogP contribution in [0.4, 0.5) is 5.82 Å². The van der Waals surface area contributed by atoms with E-state index in [-0.39, 0.29) is 11.8 Å². The van der Waals surface area contributed by atoms with Gasteiger partial charge in [0.15, 0.2) is 5.82 Å². The molecule has 2 aromatic carbocycles. The minimum Gasteiger partial charge on any atom is -0.507 e. The highest BCUT2D eigenvalue weighted by Crippen LogP contribution is 2.32. The number of nitrogens with two attached hydrogens (primary N) is 1. The van der Waals surface area contributed by atoms with Gasteiger partial charge in [-0.05, 0) is 36.8 Å². The maximum Gasteiger partial charge on any atom is 0.165 e. The minimum atomic E-state index is 0.0572. The summed E-state index contributed by atoms with van der Waals surface area (Å²) in [5, 5.41) is 14.9. The minimum absolute atomic E-state index is 0.0572. The fourth-order valence-corrected chi connectivity index (χ4v) is 2.89. The van der Waals surface area contributed by atoms with Crippen LogP contribution >= 0.6 is 11.6 Å². The second-order valence-electron chi connectivity index (χ2n) is 6.00. The third kappa shape index (κ3) is 4.00. The third-order valence-corrected chi connectivity index (χ3v) is 4.23. The normalized spacial score (nSPS) is 12.3. The molecule has 0 aliphatic carbocycles. The number of phenols is 1. The van der Waals surface area contributed by atoms with E-state index in [0.717, 1.165) is 23.7 Å². The first-order valence-corrected chi connectivity index (χ1v) is 8.71. The molecule has 1 heterocycles. The van der Waals surface area contributed by atoms with Crippen molar-refractivity contribution in [1.82, 2.24) is 9.97 Å². The third-order valence-electron chi connectivity index (χ3n) is 3.99. The molecule has 1 aromatic heterocycles. The number of nitrogens with one attached hydrogen (secondary N) is 1. The maximum absolute atomic E-state index is 10.2. The van der Waals surface area contributed by atoms with Crippen LogP contribution in [0.15, 0.2) is 42.5 Å². The van der Waals surface area contributed by atoms with Crippen LogP contribution in [0.1, 0.15) is 19.8 Å². The number of benzene rings is 2. The van der Waals surface area contributed by atoms with Gasteiger partial charge in [-0.15, -0.1) is 0 Å². The lowest BCUT2D eigenvalue weighted by molar-refractivity contribution is 0.477. The number of para-hydroxylation sites is 1. The predicted octanol–water partition coefficient (Wildman–Crippen LogP) is 4.20. The fraction of sp³-hybridized carbons (Fsp3) is 0.263. The van der Waals surface area contributed by atoms with Gasteiger partial charge in [-0.1, -0.05) is 37.1 Å². The molecular weight excluding hydrogens is 336 g/mol. The summed E-state index contributed by atoms with van der Waals surface area (Å²) in [6.07, 6.45) is 1.98. The van der Waals surface area contributed by atoms with Gasteiger partial charge >= 0.3 is 0 Å². The Bertz CT molecular complexity index is 884. The van der Waals surface area contributed by atoms with Gasteiger partial charge in [-0.25, -0.2) is 9.97 Å². The maximum atomic E-state index is 10.2. The molecule has 0 radical (unpaired) electrons. The van der Waals surface area contributed by atoms with Gasteiger partial charge in [0.2, 0.25) is 0 Å². The zero-order valence-corrected chi connectivity index (χ0v) is 14.8. The van der Waals surface area contributed by atoms with E-state index in [9.17, 15) is 5.11 Å². The Labute approximate surface area is 151 Å². The van der Waals surface area contributed by atoms with Crippen molar-refractivity contribution < 1.29 is 5.11 Å². The number of phenolic OH excluding ortho intramolecular Hbond substituents is 1. The van der Waals surface area contributed by atoms with E-state index < -0.39 is 0 Å². The van der Waals surface area contributed by atoms with Gasteiger partial charge in [-0.3, -0.25) is 0 Å². The van der Waals surface area contributed by atoms with Crippen LogP contribution in [0.2, 0.25) is 5.02 Å². The summed E-state index contributed by atoms with van der Waals surface area (Å²) >= 11 is 6.06. The molecule has 5 nitrogen and oxygen atoms in total. The van der Waals surface area contributed by atoms with Gasteiger partial charge in [0, 0.05) is 23.0 Å². The number of hydrogen-bond donors (Lipinski definition) is 3. The summed E-state index contributed by atoms with van der Waals surface area (Å²) in [6.45, 7) is 2.73. The standard InChI is InChI=1S/C19H21ClN4O/c1-2-5-13(21)11-22-18-14-6-3-4-7-16(14)23-19(24-18)15-10-12(20)8-9-17(15)25/h3-4,6-10,13,25H,2,5,11,21H2,1H3,(H,22,23,24)/t13-/m0/s1. The van der Waals surface area contributed by atoms with E-state index >= 15 is 0 Å². The smallest absolute Gasteiger partial charge is 0.165 e. The Morgan fingerprint density at radius 2 is 2.00 bits per heavy atom. The molecule has 0 unspecified atom stereocenters. The lowest BCUT2D eigenvalue weighted by Gasteiger charge is -2.15. The number of anilines is 1. The number of aromatic hydroxyl groups is 1. The number of halogens is 1. The molecule has 6 heteroatoms.